The number of rotatable bonds is 7. The average molecular weight is 320 g/mol. The van der Waals surface area contributed by atoms with Gasteiger partial charge in [0, 0.05) is 23.6 Å². The summed E-state index contributed by atoms with van der Waals surface area (Å²) >= 11 is 0. The first kappa shape index (κ1) is 19.2. The molecule has 0 fully saturated rings. The second-order valence-corrected chi connectivity index (χ2v) is 5.79. The molecular formula is C17H28N4O2. The van der Waals surface area contributed by atoms with Crippen molar-refractivity contribution in [1.82, 2.24) is 9.88 Å². The molecule has 6 heteroatoms. The number of hydrogen-bond donors (Lipinski definition) is 4. The van der Waals surface area contributed by atoms with Gasteiger partial charge in [-0.2, -0.15) is 0 Å². The summed E-state index contributed by atoms with van der Waals surface area (Å²) in [4.78, 5) is 15.5. The average Bonchev–Trinajstić information content (AvgIpc) is 2.94. The van der Waals surface area contributed by atoms with Gasteiger partial charge in [-0.1, -0.05) is 18.2 Å². The van der Waals surface area contributed by atoms with E-state index in [1.165, 1.54) is 16.5 Å². The summed E-state index contributed by atoms with van der Waals surface area (Å²) in [6.45, 7) is 1.60. The van der Waals surface area contributed by atoms with E-state index >= 15 is 0 Å². The highest BCUT2D eigenvalue weighted by atomic mass is 16.4. The number of nitrogens with zero attached hydrogens (tertiary/aromatic N) is 1. The number of aromatic nitrogens is 1. The molecule has 0 aliphatic heterocycles. The number of carboxylic acid groups (broad SMARTS) is 1. The first-order valence-corrected chi connectivity index (χ1v) is 7.84. The van der Waals surface area contributed by atoms with E-state index in [9.17, 15) is 4.79 Å². The lowest BCUT2D eigenvalue weighted by molar-refractivity contribution is -0.138. The number of fused-ring (bicyclic) bond motifs is 1. The highest BCUT2D eigenvalue weighted by molar-refractivity contribution is 5.83. The molecule has 128 valence electrons. The van der Waals surface area contributed by atoms with Gasteiger partial charge in [0.25, 0.3) is 0 Å². The van der Waals surface area contributed by atoms with Gasteiger partial charge in [-0.3, -0.25) is 4.79 Å². The molecule has 0 saturated heterocycles. The molecule has 6 nitrogen and oxygen atoms in total. The molecule has 0 aliphatic rings. The van der Waals surface area contributed by atoms with Crippen LogP contribution in [-0.2, 0) is 11.2 Å². The topological polar surface area (TPSA) is 108 Å². The standard InChI is InChI=1S/C12H16N2.C5H12N2O2/c1-14(2)8-7-10-9-13-12-6-4-3-5-11(10)12;6-3-1-2-4(7)5(8)9/h3-6,9,13H,7-8H2,1-2H3;4H,1-3,6-7H2,(H,8,9)/t;4-/m.0/s1. The van der Waals surface area contributed by atoms with Gasteiger partial charge in [0.2, 0.25) is 0 Å². The van der Waals surface area contributed by atoms with Crippen molar-refractivity contribution < 1.29 is 9.90 Å². The number of H-pyrrole nitrogens is 1. The molecular weight excluding hydrogens is 292 g/mol. The second-order valence-electron chi connectivity index (χ2n) is 5.79. The van der Waals surface area contributed by atoms with Crippen LogP contribution in [0.25, 0.3) is 10.9 Å². The van der Waals surface area contributed by atoms with Crippen molar-refractivity contribution >= 4 is 16.9 Å². The molecule has 1 aromatic carbocycles. The van der Waals surface area contributed by atoms with Crippen LogP contribution in [0, 0.1) is 0 Å². The van der Waals surface area contributed by atoms with E-state index in [1.807, 2.05) is 0 Å². The van der Waals surface area contributed by atoms with Crippen molar-refractivity contribution in [2.24, 2.45) is 11.5 Å². The zero-order chi connectivity index (χ0) is 17.2. The molecule has 0 unspecified atom stereocenters. The van der Waals surface area contributed by atoms with Crippen LogP contribution in [0.1, 0.15) is 18.4 Å². The molecule has 0 saturated carbocycles. The first-order chi connectivity index (χ1) is 11.0. The first-order valence-electron chi connectivity index (χ1n) is 7.84. The minimum atomic E-state index is -0.955. The van der Waals surface area contributed by atoms with Gasteiger partial charge in [0.15, 0.2) is 0 Å². The van der Waals surface area contributed by atoms with Gasteiger partial charge >= 0.3 is 5.97 Å². The van der Waals surface area contributed by atoms with E-state index in [1.54, 1.807) is 0 Å². The van der Waals surface area contributed by atoms with Crippen LogP contribution in [0.3, 0.4) is 0 Å². The third kappa shape index (κ3) is 6.81. The number of para-hydroxylation sites is 1. The number of aromatic amines is 1. The van der Waals surface area contributed by atoms with Crippen molar-refractivity contribution in [2.45, 2.75) is 25.3 Å². The Bertz CT molecular complexity index is 595. The van der Waals surface area contributed by atoms with Gasteiger partial charge in [0.05, 0.1) is 0 Å². The monoisotopic (exact) mass is 320 g/mol. The molecule has 0 aliphatic carbocycles. The van der Waals surface area contributed by atoms with Gasteiger partial charge in [-0.15, -0.1) is 0 Å². The Morgan fingerprint density at radius 1 is 1.35 bits per heavy atom. The number of hydrogen-bond acceptors (Lipinski definition) is 4. The number of benzene rings is 1. The van der Waals surface area contributed by atoms with Crippen LogP contribution >= 0.6 is 0 Å². The van der Waals surface area contributed by atoms with Gasteiger partial charge < -0.3 is 26.5 Å². The molecule has 1 heterocycles. The predicted octanol–water partition coefficient (Wildman–Crippen LogP) is 1.41. The van der Waals surface area contributed by atoms with Gasteiger partial charge in [-0.25, -0.2) is 0 Å². The fourth-order valence-corrected chi connectivity index (χ4v) is 2.14. The quantitative estimate of drug-likeness (QED) is 0.617. The fourth-order valence-electron chi connectivity index (χ4n) is 2.14. The molecule has 23 heavy (non-hydrogen) atoms. The summed E-state index contributed by atoms with van der Waals surface area (Å²) in [5, 5.41) is 9.60. The van der Waals surface area contributed by atoms with Crippen LogP contribution < -0.4 is 11.5 Å². The van der Waals surface area contributed by atoms with E-state index in [-0.39, 0.29) is 0 Å². The van der Waals surface area contributed by atoms with Crippen LogP contribution in [0.4, 0.5) is 0 Å². The van der Waals surface area contributed by atoms with Crippen LogP contribution in [0.15, 0.2) is 30.5 Å². The number of carbonyl (C=O) groups is 1. The molecule has 6 N–H and O–H groups in total. The Kier molecular flexibility index (Phi) is 8.32. The van der Waals surface area contributed by atoms with Crippen LogP contribution in [0.2, 0.25) is 0 Å². The predicted molar refractivity (Wildman–Crippen MR) is 94.5 cm³/mol. The van der Waals surface area contributed by atoms with Crippen molar-refractivity contribution in [2.75, 3.05) is 27.2 Å². The fraction of sp³-hybridized carbons (Fsp3) is 0.471. The normalized spacial score (nSPS) is 12.0. The highest BCUT2D eigenvalue weighted by Gasteiger charge is 2.08. The Morgan fingerprint density at radius 3 is 2.65 bits per heavy atom. The van der Waals surface area contributed by atoms with E-state index in [0.717, 1.165) is 13.0 Å². The SMILES string of the molecule is CN(C)CCc1c[nH]c2ccccc12.NCCC[C@H](N)C(=O)O. The Hall–Kier alpha value is -1.89. The van der Waals surface area contributed by atoms with Crippen molar-refractivity contribution in [1.29, 1.82) is 0 Å². The molecule has 2 rings (SSSR count). The third-order valence-corrected chi connectivity index (χ3v) is 3.54. The zero-order valence-corrected chi connectivity index (χ0v) is 14.0. The Morgan fingerprint density at radius 2 is 2.04 bits per heavy atom. The number of aliphatic carboxylic acids is 1. The van der Waals surface area contributed by atoms with Gasteiger partial charge in [-0.05, 0) is 51.5 Å². The Labute approximate surface area is 137 Å². The number of nitrogens with two attached hydrogens (primary N) is 2. The zero-order valence-electron chi connectivity index (χ0n) is 14.0. The number of nitrogens with one attached hydrogen (secondary N) is 1. The highest BCUT2D eigenvalue weighted by Crippen LogP contribution is 2.17. The largest absolute Gasteiger partial charge is 0.480 e. The maximum absolute atomic E-state index is 10.0. The van der Waals surface area contributed by atoms with E-state index in [2.05, 4.69) is 54.4 Å². The number of carboxylic acids is 1. The molecule has 0 bridgehead atoms. The summed E-state index contributed by atoms with van der Waals surface area (Å²) in [6.07, 6.45) is 4.37. The molecule has 0 radical (unpaired) electrons. The van der Waals surface area contributed by atoms with Gasteiger partial charge in [0.1, 0.15) is 6.04 Å². The lowest BCUT2D eigenvalue weighted by Crippen LogP contribution is -2.30. The summed E-state index contributed by atoms with van der Waals surface area (Å²) in [5.74, 6) is -0.955. The van der Waals surface area contributed by atoms with E-state index in [0.29, 0.717) is 19.4 Å². The summed E-state index contributed by atoms with van der Waals surface area (Å²) in [7, 11) is 4.21. The smallest absolute Gasteiger partial charge is 0.320 e. The third-order valence-electron chi connectivity index (χ3n) is 3.54. The minimum absolute atomic E-state index is 0.464. The molecule has 1 atom stereocenters. The van der Waals surface area contributed by atoms with Crippen LogP contribution in [-0.4, -0.2) is 54.2 Å². The van der Waals surface area contributed by atoms with Crippen molar-refractivity contribution in [3.63, 3.8) is 0 Å². The van der Waals surface area contributed by atoms with Crippen molar-refractivity contribution in [3.05, 3.63) is 36.0 Å². The van der Waals surface area contributed by atoms with E-state index < -0.39 is 12.0 Å². The number of likely N-dealkylation sites (N-methyl/N-ethyl adjacent to an activating group) is 1. The molecule has 2 aromatic rings. The Balaban J connectivity index is 0.000000257. The maximum Gasteiger partial charge on any atom is 0.320 e. The lowest BCUT2D eigenvalue weighted by atomic mass is 10.1. The molecule has 1 aromatic heterocycles. The molecule has 0 spiro atoms. The molecule has 0 amide bonds. The summed E-state index contributed by atoms with van der Waals surface area (Å²) in [5.41, 5.74) is 12.9. The van der Waals surface area contributed by atoms with Crippen LogP contribution in [0.5, 0.6) is 0 Å². The maximum atomic E-state index is 10.0. The summed E-state index contributed by atoms with van der Waals surface area (Å²) in [6, 6.07) is 7.71. The van der Waals surface area contributed by atoms with E-state index in [4.69, 9.17) is 16.6 Å². The van der Waals surface area contributed by atoms with Crippen molar-refractivity contribution in [3.8, 4) is 0 Å². The second kappa shape index (κ2) is 9.99. The summed E-state index contributed by atoms with van der Waals surface area (Å²) < 4.78 is 0. The minimum Gasteiger partial charge on any atom is -0.480 e. The lowest BCUT2D eigenvalue weighted by Gasteiger charge is -2.07.